The highest BCUT2D eigenvalue weighted by molar-refractivity contribution is 5.76. The number of carbonyl (C=O) groups is 1. The molecular weight excluding hydrogens is 597 g/mol. The number of amides is 2. The second kappa shape index (κ2) is 12.3. The maximum atomic E-state index is 14.7. The molecule has 0 aliphatic rings. The monoisotopic (exact) mass is 616 g/mol. The molecule has 3 rings (SSSR count). The first-order valence-corrected chi connectivity index (χ1v) is 11.6. The largest absolute Gasteiger partial charge is 0.573 e. The summed E-state index contributed by atoms with van der Waals surface area (Å²) < 4.78 is 152. The summed E-state index contributed by atoms with van der Waals surface area (Å²) in [6.45, 7) is -1.84. The summed E-state index contributed by atoms with van der Waals surface area (Å²) in [6.07, 6.45) is -19.9. The Balaban J connectivity index is 2.24. The van der Waals surface area contributed by atoms with Crippen molar-refractivity contribution in [3.05, 3.63) is 95.3 Å². The summed E-state index contributed by atoms with van der Waals surface area (Å²) in [5.41, 5.74) is -2.60. The van der Waals surface area contributed by atoms with Gasteiger partial charge in [0.1, 0.15) is 23.9 Å². The van der Waals surface area contributed by atoms with E-state index in [4.69, 9.17) is 0 Å². The van der Waals surface area contributed by atoms with Gasteiger partial charge in [-0.2, -0.15) is 30.7 Å². The van der Waals surface area contributed by atoms with Gasteiger partial charge in [0.2, 0.25) is 0 Å². The van der Waals surface area contributed by atoms with Gasteiger partial charge in [0, 0.05) is 12.5 Å². The van der Waals surface area contributed by atoms with Crippen LogP contribution in [0, 0.1) is 5.82 Å². The Labute approximate surface area is 230 Å². The SMILES string of the molecule is O=C(NCC(F)(F)F)N[C@](Cc1ccccc1)(c1ccc(OC(F)(F)F)cc1)c1cc(F)cc(OC(F)(F)C(F)F)c1. The van der Waals surface area contributed by atoms with Crippen molar-refractivity contribution in [3.63, 3.8) is 0 Å². The van der Waals surface area contributed by atoms with Gasteiger partial charge >= 0.3 is 31.1 Å². The summed E-state index contributed by atoms with van der Waals surface area (Å²) in [4.78, 5) is 12.7. The van der Waals surface area contributed by atoms with Crippen molar-refractivity contribution in [3.8, 4) is 11.5 Å². The molecule has 0 aromatic heterocycles. The lowest BCUT2D eigenvalue weighted by Crippen LogP contribution is -2.53. The molecule has 0 aliphatic heterocycles. The first-order chi connectivity index (χ1) is 19.4. The summed E-state index contributed by atoms with van der Waals surface area (Å²) >= 11 is 0. The van der Waals surface area contributed by atoms with E-state index in [1.54, 1.807) is 6.07 Å². The topological polar surface area (TPSA) is 59.6 Å². The number of ether oxygens (including phenoxy) is 2. The average molecular weight is 616 g/mol. The van der Waals surface area contributed by atoms with Crippen molar-refractivity contribution in [1.29, 1.82) is 0 Å². The van der Waals surface area contributed by atoms with E-state index in [0.717, 1.165) is 24.3 Å². The molecule has 0 saturated carbocycles. The van der Waals surface area contributed by atoms with Gasteiger partial charge in [0.25, 0.3) is 0 Å². The van der Waals surface area contributed by atoms with Crippen LogP contribution >= 0.6 is 0 Å². The number of halogens is 11. The molecular formula is C26H19F11N2O3. The molecule has 42 heavy (non-hydrogen) atoms. The molecule has 0 aliphatic carbocycles. The number of carbonyl (C=O) groups excluding carboxylic acids is 1. The standard InChI is InChI=1S/C26H19F11N2O3/c27-18-10-17(11-20(12-18)41-25(33,34)21(28)29)23(13-15-4-2-1-3-5-15,39-22(40)38-14-24(30,31)32)16-6-8-19(9-7-16)42-26(35,36)37/h1-12,21H,13-14H2,(H2,38,39,40)/t23-/m1/s1. The summed E-state index contributed by atoms with van der Waals surface area (Å²) in [6, 6.07) is 11.1. The van der Waals surface area contributed by atoms with Crippen LogP contribution < -0.4 is 20.1 Å². The van der Waals surface area contributed by atoms with Crippen LogP contribution in [0.25, 0.3) is 0 Å². The predicted molar refractivity (Wildman–Crippen MR) is 125 cm³/mol. The number of hydrogen-bond donors (Lipinski definition) is 2. The number of rotatable bonds is 10. The van der Waals surface area contributed by atoms with E-state index in [0.29, 0.717) is 23.8 Å². The summed E-state index contributed by atoms with van der Waals surface area (Å²) in [7, 11) is 0. The van der Waals surface area contributed by atoms with Gasteiger partial charge in [0.15, 0.2) is 0 Å². The lowest BCUT2D eigenvalue weighted by atomic mass is 9.77. The minimum Gasteiger partial charge on any atom is -0.428 e. The van der Waals surface area contributed by atoms with E-state index in [-0.39, 0.29) is 5.56 Å². The van der Waals surface area contributed by atoms with Crippen LogP contribution in [0.4, 0.5) is 53.1 Å². The molecule has 3 aromatic carbocycles. The molecule has 0 fully saturated rings. The first-order valence-electron chi connectivity index (χ1n) is 11.6. The van der Waals surface area contributed by atoms with Gasteiger partial charge in [0.05, 0.1) is 5.54 Å². The number of hydrogen-bond acceptors (Lipinski definition) is 3. The molecule has 228 valence electrons. The van der Waals surface area contributed by atoms with Gasteiger partial charge in [-0.1, -0.05) is 42.5 Å². The Kier molecular flexibility index (Phi) is 9.47. The van der Waals surface area contributed by atoms with Gasteiger partial charge in [-0.15, -0.1) is 13.2 Å². The predicted octanol–water partition coefficient (Wildman–Crippen LogP) is 7.31. The van der Waals surface area contributed by atoms with Gasteiger partial charge < -0.3 is 20.1 Å². The Morgan fingerprint density at radius 3 is 1.93 bits per heavy atom. The average Bonchev–Trinajstić information content (AvgIpc) is 2.86. The lowest BCUT2D eigenvalue weighted by Gasteiger charge is -2.37. The summed E-state index contributed by atoms with van der Waals surface area (Å²) in [5, 5.41) is 3.76. The molecule has 0 heterocycles. The third-order valence-electron chi connectivity index (χ3n) is 5.54. The third kappa shape index (κ3) is 8.88. The highest BCUT2D eigenvalue weighted by Gasteiger charge is 2.45. The zero-order chi connectivity index (χ0) is 31.3. The fourth-order valence-electron chi connectivity index (χ4n) is 3.89. The molecule has 0 unspecified atom stereocenters. The first kappa shape index (κ1) is 32.3. The number of alkyl halides is 10. The van der Waals surface area contributed by atoms with E-state index in [1.807, 2.05) is 0 Å². The maximum absolute atomic E-state index is 14.7. The minimum absolute atomic E-state index is 0.194. The highest BCUT2D eigenvalue weighted by Crippen LogP contribution is 2.38. The normalized spacial score (nSPS) is 13.8. The Morgan fingerprint density at radius 2 is 1.38 bits per heavy atom. The smallest absolute Gasteiger partial charge is 0.428 e. The molecule has 2 N–H and O–H groups in total. The van der Waals surface area contributed by atoms with Crippen molar-refractivity contribution in [2.75, 3.05) is 6.54 Å². The second-order valence-electron chi connectivity index (χ2n) is 8.70. The van der Waals surface area contributed by atoms with Crippen LogP contribution in [0.3, 0.4) is 0 Å². The minimum atomic E-state index is -5.11. The Bertz CT molecular complexity index is 1350. The fraction of sp³-hybridized carbons (Fsp3) is 0.269. The number of benzene rings is 3. The molecule has 3 aromatic rings. The molecule has 1 atom stereocenters. The van der Waals surface area contributed by atoms with Crippen molar-refractivity contribution in [2.24, 2.45) is 0 Å². The molecule has 0 radical (unpaired) electrons. The van der Waals surface area contributed by atoms with Crippen LogP contribution in [0.15, 0.2) is 72.8 Å². The lowest BCUT2D eigenvalue weighted by molar-refractivity contribution is -0.274. The molecule has 5 nitrogen and oxygen atoms in total. The van der Waals surface area contributed by atoms with Crippen molar-refractivity contribution < 1.29 is 62.6 Å². The van der Waals surface area contributed by atoms with Gasteiger partial charge in [-0.05, 0) is 41.0 Å². The van der Waals surface area contributed by atoms with Crippen molar-refractivity contribution in [2.45, 2.75) is 37.0 Å². The van der Waals surface area contributed by atoms with Crippen LogP contribution in [-0.2, 0) is 12.0 Å². The maximum Gasteiger partial charge on any atom is 0.573 e. The van der Waals surface area contributed by atoms with Gasteiger partial charge in [-0.3, -0.25) is 0 Å². The van der Waals surface area contributed by atoms with E-state index in [9.17, 15) is 53.1 Å². The number of urea groups is 1. The van der Waals surface area contributed by atoms with Crippen LogP contribution in [0.1, 0.15) is 16.7 Å². The zero-order valence-electron chi connectivity index (χ0n) is 20.8. The van der Waals surface area contributed by atoms with E-state index in [1.165, 1.54) is 29.6 Å². The van der Waals surface area contributed by atoms with Crippen molar-refractivity contribution >= 4 is 6.03 Å². The van der Waals surface area contributed by atoms with E-state index < -0.39 is 72.5 Å². The fourth-order valence-corrected chi connectivity index (χ4v) is 3.89. The van der Waals surface area contributed by atoms with Crippen LogP contribution in [0.5, 0.6) is 11.5 Å². The molecule has 2 amide bonds. The molecule has 0 spiro atoms. The van der Waals surface area contributed by atoms with Crippen LogP contribution in [0.2, 0.25) is 0 Å². The number of nitrogens with one attached hydrogen (secondary N) is 2. The highest BCUT2D eigenvalue weighted by atomic mass is 19.4. The molecule has 0 bridgehead atoms. The second-order valence-corrected chi connectivity index (χ2v) is 8.70. The Morgan fingerprint density at radius 1 is 0.762 bits per heavy atom. The quantitative estimate of drug-likeness (QED) is 0.235. The van der Waals surface area contributed by atoms with E-state index >= 15 is 0 Å². The van der Waals surface area contributed by atoms with E-state index in [2.05, 4.69) is 14.8 Å². The zero-order valence-corrected chi connectivity index (χ0v) is 20.8. The molecule has 16 heteroatoms. The van der Waals surface area contributed by atoms with Gasteiger partial charge in [-0.25, -0.2) is 9.18 Å². The van der Waals surface area contributed by atoms with Crippen molar-refractivity contribution in [1.82, 2.24) is 10.6 Å². The third-order valence-corrected chi connectivity index (χ3v) is 5.54. The Hall–Kier alpha value is -4.24. The van der Waals surface area contributed by atoms with Crippen LogP contribution in [-0.4, -0.2) is 37.6 Å². The molecule has 0 saturated heterocycles. The summed E-state index contributed by atoms with van der Waals surface area (Å²) in [5.74, 6) is -3.25.